The van der Waals surface area contributed by atoms with Crippen molar-refractivity contribution in [2.45, 2.75) is 6.54 Å². The average Bonchev–Trinajstić information content (AvgIpc) is 2.88. The van der Waals surface area contributed by atoms with Crippen molar-refractivity contribution in [1.29, 1.82) is 5.41 Å². The third kappa shape index (κ3) is 3.17. The Hall–Kier alpha value is -2.59. The van der Waals surface area contributed by atoms with Crippen LogP contribution in [0.2, 0.25) is 0 Å². The summed E-state index contributed by atoms with van der Waals surface area (Å²) in [6.45, 7) is 0.704. The summed E-state index contributed by atoms with van der Waals surface area (Å²) in [6, 6.07) is 27.2. The van der Waals surface area contributed by atoms with Crippen molar-refractivity contribution in [3.05, 3.63) is 90.0 Å². The molecule has 0 atom stereocenters. The number of rotatable bonds is 3. The number of halogens is 1. The van der Waals surface area contributed by atoms with Crippen molar-refractivity contribution in [3.8, 4) is 11.1 Å². The van der Waals surface area contributed by atoms with Gasteiger partial charge in [0.2, 0.25) is 5.62 Å². The number of hydrogen-bond donors (Lipinski definition) is 1. The summed E-state index contributed by atoms with van der Waals surface area (Å²) in [5, 5.41) is 8.38. The molecular formula is C21H20BrN3. The summed E-state index contributed by atoms with van der Waals surface area (Å²) >= 11 is 0. The molecular weight excluding hydrogens is 374 g/mol. The number of benzene rings is 3. The number of imidazole rings is 1. The van der Waals surface area contributed by atoms with E-state index >= 15 is 0 Å². The van der Waals surface area contributed by atoms with E-state index in [9.17, 15) is 0 Å². The zero-order valence-electron chi connectivity index (χ0n) is 14.0. The fourth-order valence-electron chi connectivity index (χ4n) is 3.16. The molecule has 0 saturated heterocycles. The molecule has 0 aliphatic heterocycles. The first-order chi connectivity index (χ1) is 11.7. The van der Waals surface area contributed by atoms with Crippen LogP contribution in [0.25, 0.3) is 22.2 Å². The normalized spacial score (nSPS) is 10.6. The van der Waals surface area contributed by atoms with Crippen LogP contribution in [0, 0.1) is 5.41 Å². The Balaban J connectivity index is 0.00000182. The molecule has 3 aromatic carbocycles. The number of aryl methyl sites for hydroxylation is 1. The molecule has 0 fully saturated rings. The molecule has 1 N–H and O–H groups in total. The van der Waals surface area contributed by atoms with Gasteiger partial charge in [-0.05, 0) is 28.8 Å². The molecule has 1 heterocycles. The minimum absolute atomic E-state index is 0. The Morgan fingerprint density at radius 1 is 0.720 bits per heavy atom. The summed E-state index contributed by atoms with van der Waals surface area (Å²) in [6.07, 6.45) is 0. The molecule has 25 heavy (non-hydrogen) atoms. The van der Waals surface area contributed by atoms with Crippen LogP contribution < -0.4 is 5.62 Å². The van der Waals surface area contributed by atoms with Crippen molar-refractivity contribution in [1.82, 2.24) is 9.13 Å². The highest BCUT2D eigenvalue weighted by molar-refractivity contribution is 8.93. The van der Waals surface area contributed by atoms with E-state index in [-0.39, 0.29) is 17.0 Å². The van der Waals surface area contributed by atoms with E-state index in [1.807, 2.05) is 34.4 Å². The Bertz CT molecular complexity index is 1040. The first kappa shape index (κ1) is 17.2. The van der Waals surface area contributed by atoms with E-state index in [1.54, 1.807) is 0 Å². The maximum Gasteiger partial charge on any atom is 0.203 e. The number of aromatic nitrogens is 2. The van der Waals surface area contributed by atoms with Gasteiger partial charge in [0, 0.05) is 7.05 Å². The van der Waals surface area contributed by atoms with Crippen LogP contribution in [0.3, 0.4) is 0 Å². The van der Waals surface area contributed by atoms with Crippen LogP contribution in [0.4, 0.5) is 0 Å². The van der Waals surface area contributed by atoms with Gasteiger partial charge in [0.05, 0.1) is 17.6 Å². The molecule has 0 radical (unpaired) electrons. The number of para-hydroxylation sites is 2. The van der Waals surface area contributed by atoms with Crippen molar-refractivity contribution in [3.63, 3.8) is 0 Å². The molecule has 4 rings (SSSR count). The SMILES string of the molecule is Br.Cn1c(=N)n(Cc2ccc(-c3ccccc3)cc2)c2ccccc21. The molecule has 126 valence electrons. The molecule has 0 spiro atoms. The topological polar surface area (TPSA) is 33.7 Å². The zero-order chi connectivity index (χ0) is 16.5. The van der Waals surface area contributed by atoms with Gasteiger partial charge in [-0.1, -0.05) is 66.7 Å². The van der Waals surface area contributed by atoms with E-state index in [1.165, 1.54) is 16.7 Å². The van der Waals surface area contributed by atoms with Gasteiger partial charge < -0.3 is 9.13 Å². The molecule has 0 unspecified atom stereocenters. The summed E-state index contributed by atoms with van der Waals surface area (Å²) in [4.78, 5) is 0. The predicted octanol–water partition coefficient (Wildman–Crippen LogP) is 4.75. The monoisotopic (exact) mass is 393 g/mol. The maximum absolute atomic E-state index is 8.38. The predicted molar refractivity (Wildman–Crippen MR) is 108 cm³/mol. The maximum atomic E-state index is 8.38. The van der Waals surface area contributed by atoms with Gasteiger partial charge in [0.25, 0.3) is 0 Å². The van der Waals surface area contributed by atoms with Crippen LogP contribution in [0.1, 0.15) is 5.56 Å². The minimum Gasteiger partial charge on any atom is -0.313 e. The highest BCUT2D eigenvalue weighted by Crippen LogP contribution is 2.20. The van der Waals surface area contributed by atoms with Crippen LogP contribution in [0.15, 0.2) is 78.9 Å². The second-order valence-corrected chi connectivity index (χ2v) is 6.02. The molecule has 0 bridgehead atoms. The van der Waals surface area contributed by atoms with Crippen LogP contribution >= 0.6 is 17.0 Å². The smallest absolute Gasteiger partial charge is 0.203 e. The lowest BCUT2D eigenvalue weighted by Crippen LogP contribution is -2.22. The average molecular weight is 394 g/mol. The molecule has 0 amide bonds. The van der Waals surface area contributed by atoms with Crippen molar-refractivity contribution < 1.29 is 0 Å². The first-order valence-electron chi connectivity index (χ1n) is 8.07. The summed E-state index contributed by atoms with van der Waals surface area (Å²) in [5.41, 5.74) is 6.34. The summed E-state index contributed by atoms with van der Waals surface area (Å²) in [5.74, 6) is 0. The van der Waals surface area contributed by atoms with E-state index in [2.05, 4.69) is 60.7 Å². The highest BCUT2D eigenvalue weighted by Gasteiger charge is 2.08. The quantitative estimate of drug-likeness (QED) is 0.520. The van der Waals surface area contributed by atoms with E-state index in [0.29, 0.717) is 12.2 Å². The van der Waals surface area contributed by atoms with Gasteiger partial charge in [-0.2, -0.15) is 0 Å². The molecule has 0 saturated carbocycles. The Labute approximate surface area is 157 Å². The van der Waals surface area contributed by atoms with Gasteiger partial charge in [-0.25, -0.2) is 0 Å². The molecule has 4 heteroatoms. The number of fused-ring (bicyclic) bond motifs is 1. The Kier molecular flexibility index (Phi) is 4.91. The van der Waals surface area contributed by atoms with Gasteiger partial charge >= 0.3 is 0 Å². The molecule has 1 aromatic heterocycles. The third-order valence-electron chi connectivity index (χ3n) is 4.51. The van der Waals surface area contributed by atoms with Crippen LogP contribution in [-0.4, -0.2) is 9.13 Å². The summed E-state index contributed by atoms with van der Waals surface area (Å²) in [7, 11) is 1.94. The number of hydrogen-bond acceptors (Lipinski definition) is 1. The van der Waals surface area contributed by atoms with E-state index in [4.69, 9.17) is 5.41 Å². The molecule has 4 aromatic rings. The third-order valence-corrected chi connectivity index (χ3v) is 4.51. The Morgan fingerprint density at radius 2 is 1.28 bits per heavy atom. The largest absolute Gasteiger partial charge is 0.313 e. The zero-order valence-corrected chi connectivity index (χ0v) is 15.7. The molecule has 0 aliphatic rings. The molecule has 3 nitrogen and oxygen atoms in total. The van der Waals surface area contributed by atoms with Crippen LogP contribution in [0.5, 0.6) is 0 Å². The lowest BCUT2D eigenvalue weighted by atomic mass is 10.0. The van der Waals surface area contributed by atoms with Gasteiger partial charge in [-0.15, -0.1) is 17.0 Å². The highest BCUT2D eigenvalue weighted by atomic mass is 79.9. The standard InChI is InChI=1S/C21H19N3.BrH/c1-23-19-9-5-6-10-20(19)24(21(23)22)15-16-11-13-18(14-12-16)17-7-3-2-4-8-17;/h2-14,22H,15H2,1H3;1H. The minimum atomic E-state index is 0. The van der Waals surface area contributed by atoms with Crippen molar-refractivity contribution in [2.24, 2.45) is 7.05 Å². The van der Waals surface area contributed by atoms with Crippen molar-refractivity contribution >= 4 is 28.0 Å². The van der Waals surface area contributed by atoms with Crippen LogP contribution in [-0.2, 0) is 13.6 Å². The van der Waals surface area contributed by atoms with E-state index < -0.39 is 0 Å². The van der Waals surface area contributed by atoms with Gasteiger partial charge in [-0.3, -0.25) is 5.41 Å². The number of nitrogens with zero attached hydrogens (tertiary/aromatic N) is 2. The van der Waals surface area contributed by atoms with E-state index in [0.717, 1.165) is 11.0 Å². The first-order valence-corrected chi connectivity index (χ1v) is 8.07. The number of nitrogens with one attached hydrogen (secondary N) is 1. The Morgan fingerprint density at radius 3 is 1.96 bits per heavy atom. The lowest BCUT2D eigenvalue weighted by molar-refractivity contribution is 0.695. The summed E-state index contributed by atoms with van der Waals surface area (Å²) < 4.78 is 3.97. The second kappa shape index (κ2) is 7.11. The van der Waals surface area contributed by atoms with Crippen molar-refractivity contribution in [2.75, 3.05) is 0 Å². The molecule has 0 aliphatic carbocycles. The van der Waals surface area contributed by atoms with Gasteiger partial charge in [0.15, 0.2) is 0 Å². The van der Waals surface area contributed by atoms with Gasteiger partial charge in [0.1, 0.15) is 0 Å². The fourth-order valence-corrected chi connectivity index (χ4v) is 3.16. The second-order valence-electron chi connectivity index (χ2n) is 6.02. The fraction of sp³-hybridized carbons (Fsp3) is 0.0952. The lowest BCUT2D eigenvalue weighted by Gasteiger charge is -2.07.